The molecule has 1 aliphatic rings. The smallest absolute Gasteiger partial charge is 0.154 e. The molecule has 1 fully saturated rings. The Morgan fingerprint density at radius 3 is 2.46 bits per heavy atom. The molecule has 0 atom stereocenters. The van der Waals surface area contributed by atoms with E-state index >= 15 is 0 Å². The monoisotopic (exact) mass is 344 g/mol. The molecule has 0 aliphatic carbocycles. The van der Waals surface area contributed by atoms with Crippen LogP contribution in [-0.2, 0) is 0 Å². The minimum atomic E-state index is -0.119. The van der Waals surface area contributed by atoms with Crippen LogP contribution in [0.25, 0.3) is 0 Å². The highest BCUT2D eigenvalue weighted by Gasteiger charge is 2.27. The Kier molecular flexibility index (Phi) is 4.43. The predicted molar refractivity (Wildman–Crippen MR) is 97.9 cm³/mol. The van der Waals surface area contributed by atoms with Gasteiger partial charge in [-0.3, -0.25) is 5.41 Å². The van der Waals surface area contributed by atoms with Gasteiger partial charge in [-0.15, -0.1) is 0 Å². The van der Waals surface area contributed by atoms with Crippen molar-refractivity contribution < 1.29 is 0 Å². The Balaban J connectivity index is 1.80. The van der Waals surface area contributed by atoms with Crippen LogP contribution in [0.4, 0.5) is 11.6 Å². The molecule has 0 unspecified atom stereocenters. The van der Waals surface area contributed by atoms with Gasteiger partial charge in [0.15, 0.2) is 5.82 Å². The Morgan fingerprint density at radius 2 is 1.88 bits per heavy atom. The number of benzene rings is 1. The normalized spacial score (nSPS) is 16.9. The van der Waals surface area contributed by atoms with Crippen molar-refractivity contribution in [1.29, 1.82) is 5.41 Å². The number of piperidine rings is 1. The van der Waals surface area contributed by atoms with Crippen molar-refractivity contribution >= 4 is 28.9 Å². The molecule has 2 heterocycles. The molecule has 1 aliphatic heterocycles. The van der Waals surface area contributed by atoms with Crippen molar-refractivity contribution in [3.8, 4) is 0 Å². The third-order valence-electron chi connectivity index (χ3n) is 4.39. The van der Waals surface area contributed by atoms with Gasteiger partial charge < -0.3 is 16.4 Å². The quantitative estimate of drug-likeness (QED) is 0.742. The zero-order valence-electron chi connectivity index (χ0n) is 13.6. The standard InChI is InChI=1S/C17H21ClN6/c1-17(21)6-8-24(9-7-17)13-10-22-15(16(20)23-13)14(19)11-2-4-12(18)5-3-11/h2-5,10,19H,6-9,21H2,1H3,(H2,20,23). The summed E-state index contributed by atoms with van der Waals surface area (Å²) in [5, 5.41) is 8.92. The summed E-state index contributed by atoms with van der Waals surface area (Å²) >= 11 is 5.88. The second kappa shape index (κ2) is 6.37. The van der Waals surface area contributed by atoms with Crippen molar-refractivity contribution in [3.05, 3.63) is 46.7 Å². The summed E-state index contributed by atoms with van der Waals surface area (Å²) in [7, 11) is 0. The van der Waals surface area contributed by atoms with Gasteiger partial charge in [-0.05, 0) is 31.9 Å². The SMILES string of the molecule is CC1(N)CCN(c2cnc(C(=N)c3ccc(Cl)cc3)c(N)n2)CC1. The lowest BCUT2D eigenvalue weighted by molar-refractivity contribution is 0.363. The number of hydrogen-bond donors (Lipinski definition) is 3. The van der Waals surface area contributed by atoms with E-state index in [2.05, 4.69) is 21.8 Å². The molecule has 5 N–H and O–H groups in total. The summed E-state index contributed by atoms with van der Waals surface area (Å²) in [6.45, 7) is 3.73. The van der Waals surface area contributed by atoms with Crippen molar-refractivity contribution in [2.45, 2.75) is 25.3 Å². The lowest BCUT2D eigenvalue weighted by Gasteiger charge is -2.37. The first-order valence-electron chi connectivity index (χ1n) is 7.87. The van der Waals surface area contributed by atoms with Gasteiger partial charge in [0.2, 0.25) is 0 Å². The van der Waals surface area contributed by atoms with Crippen molar-refractivity contribution in [3.63, 3.8) is 0 Å². The Labute approximate surface area is 146 Å². The molecule has 0 bridgehead atoms. The summed E-state index contributed by atoms with van der Waals surface area (Å²) in [5.41, 5.74) is 13.4. The van der Waals surface area contributed by atoms with Crippen LogP contribution in [0.5, 0.6) is 0 Å². The largest absolute Gasteiger partial charge is 0.382 e. The van der Waals surface area contributed by atoms with E-state index in [-0.39, 0.29) is 17.1 Å². The molecule has 24 heavy (non-hydrogen) atoms. The Bertz CT molecular complexity index is 746. The van der Waals surface area contributed by atoms with Gasteiger partial charge in [-0.25, -0.2) is 9.97 Å². The molecule has 0 amide bonds. The maximum absolute atomic E-state index is 8.29. The second-order valence-corrected chi connectivity index (χ2v) is 6.92. The molecular formula is C17H21ClN6. The van der Waals surface area contributed by atoms with Gasteiger partial charge in [-0.1, -0.05) is 23.7 Å². The Hall–Kier alpha value is -2.18. The molecule has 1 saturated heterocycles. The predicted octanol–water partition coefficient (Wildman–Crippen LogP) is 2.45. The van der Waals surface area contributed by atoms with Crippen molar-refractivity contribution in [2.75, 3.05) is 23.7 Å². The summed E-state index contributed by atoms with van der Waals surface area (Å²) in [6, 6.07) is 7.01. The molecular weight excluding hydrogens is 324 g/mol. The number of nitrogens with two attached hydrogens (primary N) is 2. The Morgan fingerprint density at radius 1 is 1.25 bits per heavy atom. The van der Waals surface area contributed by atoms with Crippen LogP contribution in [0.1, 0.15) is 31.0 Å². The van der Waals surface area contributed by atoms with E-state index < -0.39 is 0 Å². The highest BCUT2D eigenvalue weighted by Crippen LogP contribution is 2.24. The van der Waals surface area contributed by atoms with E-state index in [9.17, 15) is 0 Å². The first kappa shape index (κ1) is 16.7. The van der Waals surface area contributed by atoms with Gasteiger partial charge in [-0.2, -0.15) is 0 Å². The van der Waals surface area contributed by atoms with Crippen LogP contribution in [-0.4, -0.2) is 34.3 Å². The van der Waals surface area contributed by atoms with Crippen molar-refractivity contribution in [2.24, 2.45) is 5.73 Å². The summed E-state index contributed by atoms with van der Waals surface area (Å²) < 4.78 is 0. The average molecular weight is 345 g/mol. The van der Waals surface area contributed by atoms with E-state index in [0.29, 0.717) is 16.3 Å². The molecule has 2 aromatic rings. The molecule has 0 saturated carbocycles. The number of rotatable bonds is 3. The van der Waals surface area contributed by atoms with Crippen LogP contribution in [0.2, 0.25) is 5.02 Å². The third-order valence-corrected chi connectivity index (χ3v) is 4.64. The molecule has 1 aromatic heterocycles. The lowest BCUT2D eigenvalue weighted by Crippen LogP contribution is -2.48. The van der Waals surface area contributed by atoms with E-state index in [0.717, 1.165) is 31.7 Å². The highest BCUT2D eigenvalue weighted by molar-refractivity contribution is 6.30. The fourth-order valence-electron chi connectivity index (χ4n) is 2.74. The summed E-state index contributed by atoms with van der Waals surface area (Å²) in [5.74, 6) is 0.990. The molecule has 0 spiro atoms. The third kappa shape index (κ3) is 3.49. The van der Waals surface area contributed by atoms with Gasteiger partial charge in [0.1, 0.15) is 11.5 Å². The van der Waals surface area contributed by atoms with E-state index in [4.69, 9.17) is 28.5 Å². The molecule has 0 radical (unpaired) electrons. The number of nitrogens with zero attached hydrogens (tertiary/aromatic N) is 3. The van der Waals surface area contributed by atoms with E-state index in [1.807, 2.05) is 0 Å². The number of nitrogen functional groups attached to an aromatic ring is 1. The minimum Gasteiger partial charge on any atom is -0.382 e. The molecule has 1 aromatic carbocycles. The van der Waals surface area contributed by atoms with Gasteiger partial charge >= 0.3 is 0 Å². The van der Waals surface area contributed by atoms with E-state index in [1.54, 1.807) is 30.5 Å². The summed E-state index contributed by atoms with van der Waals surface area (Å²) in [6.07, 6.45) is 3.48. The average Bonchev–Trinajstić information content (AvgIpc) is 2.55. The highest BCUT2D eigenvalue weighted by atomic mass is 35.5. The van der Waals surface area contributed by atoms with Crippen LogP contribution in [0.3, 0.4) is 0 Å². The van der Waals surface area contributed by atoms with Crippen molar-refractivity contribution in [1.82, 2.24) is 9.97 Å². The minimum absolute atomic E-state index is 0.119. The van der Waals surface area contributed by atoms with Crippen LogP contribution >= 0.6 is 11.6 Å². The van der Waals surface area contributed by atoms with Crippen LogP contribution in [0, 0.1) is 5.41 Å². The molecule has 7 heteroatoms. The molecule has 3 rings (SSSR count). The van der Waals surface area contributed by atoms with Gasteiger partial charge in [0.25, 0.3) is 0 Å². The number of hydrogen-bond acceptors (Lipinski definition) is 6. The number of anilines is 2. The van der Waals surface area contributed by atoms with E-state index in [1.165, 1.54) is 0 Å². The number of nitrogens with one attached hydrogen (secondary N) is 1. The first-order chi connectivity index (χ1) is 11.4. The molecule has 126 valence electrons. The zero-order chi connectivity index (χ0) is 17.3. The number of halogens is 1. The first-order valence-corrected chi connectivity index (χ1v) is 8.25. The second-order valence-electron chi connectivity index (χ2n) is 6.49. The zero-order valence-corrected chi connectivity index (χ0v) is 14.3. The fraction of sp³-hybridized carbons (Fsp3) is 0.353. The number of aromatic nitrogens is 2. The maximum Gasteiger partial charge on any atom is 0.154 e. The van der Waals surface area contributed by atoms with Gasteiger partial charge in [0, 0.05) is 29.2 Å². The van der Waals surface area contributed by atoms with Gasteiger partial charge in [0.05, 0.1) is 11.9 Å². The van der Waals surface area contributed by atoms with Crippen LogP contribution in [0.15, 0.2) is 30.5 Å². The summed E-state index contributed by atoms with van der Waals surface area (Å²) in [4.78, 5) is 10.9. The van der Waals surface area contributed by atoms with Crippen LogP contribution < -0.4 is 16.4 Å². The maximum atomic E-state index is 8.29. The molecule has 6 nitrogen and oxygen atoms in total. The topological polar surface area (TPSA) is 105 Å². The fourth-order valence-corrected chi connectivity index (χ4v) is 2.86. The lowest BCUT2D eigenvalue weighted by atomic mass is 9.91.